The molecule has 1 aromatic carbocycles. The van der Waals surface area contributed by atoms with Gasteiger partial charge in [0.25, 0.3) is 0 Å². The molecule has 3 atom stereocenters. The Balaban J connectivity index is 1.31. The number of ether oxygens (including phenoxy) is 2. The average Bonchev–Trinajstić information content (AvgIpc) is 3.52. The van der Waals surface area contributed by atoms with E-state index in [4.69, 9.17) is 9.47 Å². The number of carbonyl (C=O) groups excluding carboxylic acids is 2. The molecule has 9 heteroatoms. The number of hydrogen-bond acceptors (Lipinski definition) is 7. The fourth-order valence-corrected chi connectivity index (χ4v) is 4.73. The van der Waals surface area contributed by atoms with Crippen LogP contribution in [0.1, 0.15) is 24.1 Å². The molecule has 2 fully saturated rings. The second kappa shape index (κ2) is 9.86. The van der Waals surface area contributed by atoms with Crippen LogP contribution >= 0.6 is 11.3 Å². The predicted octanol–water partition coefficient (Wildman–Crippen LogP) is 1.50. The summed E-state index contributed by atoms with van der Waals surface area (Å²) in [6.45, 7) is 3.49. The van der Waals surface area contributed by atoms with Gasteiger partial charge in [-0.2, -0.15) is 0 Å². The molecule has 31 heavy (non-hydrogen) atoms. The van der Waals surface area contributed by atoms with Gasteiger partial charge in [0.05, 0.1) is 34.9 Å². The highest BCUT2D eigenvalue weighted by atomic mass is 32.1. The molecule has 2 aliphatic rings. The summed E-state index contributed by atoms with van der Waals surface area (Å²) >= 11 is 1.60. The monoisotopic (exact) mass is 445 g/mol. The van der Waals surface area contributed by atoms with E-state index in [1.54, 1.807) is 11.3 Å². The van der Waals surface area contributed by atoms with E-state index in [0.29, 0.717) is 19.8 Å². The molecular formula is C22H27N3O5S. The van der Waals surface area contributed by atoms with E-state index in [0.717, 1.165) is 28.1 Å². The molecule has 1 aromatic heterocycles. The maximum absolute atomic E-state index is 12.8. The molecule has 2 aliphatic heterocycles. The summed E-state index contributed by atoms with van der Waals surface area (Å²) in [5, 5.41) is 12.9. The van der Waals surface area contributed by atoms with Gasteiger partial charge in [0, 0.05) is 26.1 Å². The van der Waals surface area contributed by atoms with E-state index in [-0.39, 0.29) is 37.5 Å². The SMILES string of the molecule is Cc1ncsc1-c1ccc(CNC(=O)[C@@H]2C[C@@H](O)CN2C(=O)CO[C@H]2CCOC2)cc1. The molecule has 4 rings (SSSR count). The Morgan fingerprint density at radius 3 is 2.84 bits per heavy atom. The molecule has 8 nitrogen and oxygen atoms in total. The maximum atomic E-state index is 12.8. The number of aliphatic hydroxyl groups is 1. The first kappa shape index (κ1) is 21.9. The fraction of sp³-hybridized carbons (Fsp3) is 0.500. The molecule has 0 unspecified atom stereocenters. The molecule has 0 spiro atoms. The summed E-state index contributed by atoms with van der Waals surface area (Å²) in [5.74, 6) is -0.552. The van der Waals surface area contributed by atoms with Gasteiger partial charge in [0.2, 0.25) is 11.8 Å². The van der Waals surface area contributed by atoms with E-state index in [2.05, 4.69) is 10.3 Å². The third-order valence-corrected chi connectivity index (χ3v) is 6.64. The minimum atomic E-state index is -0.712. The van der Waals surface area contributed by atoms with Crippen molar-refractivity contribution in [3.8, 4) is 10.4 Å². The number of amides is 2. The number of nitrogens with zero attached hydrogens (tertiary/aromatic N) is 2. The number of benzene rings is 1. The molecule has 166 valence electrons. The number of carbonyl (C=O) groups is 2. The molecule has 0 bridgehead atoms. The van der Waals surface area contributed by atoms with Gasteiger partial charge in [0.1, 0.15) is 12.6 Å². The number of thiazole rings is 1. The summed E-state index contributed by atoms with van der Waals surface area (Å²) in [6, 6.07) is 7.28. The van der Waals surface area contributed by atoms with Gasteiger partial charge in [0.15, 0.2) is 0 Å². The maximum Gasteiger partial charge on any atom is 0.249 e. The number of aliphatic hydroxyl groups excluding tert-OH is 1. The lowest BCUT2D eigenvalue weighted by atomic mass is 10.1. The van der Waals surface area contributed by atoms with Crippen molar-refractivity contribution in [3.05, 3.63) is 41.0 Å². The average molecular weight is 446 g/mol. The van der Waals surface area contributed by atoms with Crippen molar-refractivity contribution in [2.24, 2.45) is 0 Å². The van der Waals surface area contributed by atoms with Crippen molar-refractivity contribution >= 4 is 23.2 Å². The van der Waals surface area contributed by atoms with Gasteiger partial charge in [-0.15, -0.1) is 11.3 Å². The second-order valence-electron chi connectivity index (χ2n) is 7.93. The lowest BCUT2D eigenvalue weighted by molar-refractivity contribution is -0.143. The normalized spacial score (nSPS) is 23.3. The summed E-state index contributed by atoms with van der Waals surface area (Å²) in [4.78, 5) is 32.2. The summed E-state index contributed by atoms with van der Waals surface area (Å²) in [5.41, 5.74) is 4.88. The van der Waals surface area contributed by atoms with E-state index >= 15 is 0 Å². The number of aryl methyl sites for hydroxylation is 1. The molecule has 2 aromatic rings. The highest BCUT2D eigenvalue weighted by Gasteiger charge is 2.39. The number of β-amino-alcohol motifs (C(OH)–C–C–N with tert-alkyl or cyclic N) is 1. The van der Waals surface area contributed by atoms with Crippen LogP contribution in [0.4, 0.5) is 0 Å². The highest BCUT2D eigenvalue weighted by molar-refractivity contribution is 7.13. The first-order chi connectivity index (χ1) is 15.0. The molecule has 2 N–H and O–H groups in total. The van der Waals surface area contributed by atoms with Crippen molar-refractivity contribution < 1.29 is 24.2 Å². The Morgan fingerprint density at radius 2 is 2.16 bits per heavy atom. The van der Waals surface area contributed by atoms with Crippen molar-refractivity contribution in [1.82, 2.24) is 15.2 Å². The van der Waals surface area contributed by atoms with Gasteiger partial charge in [-0.1, -0.05) is 24.3 Å². The zero-order valence-corrected chi connectivity index (χ0v) is 18.3. The van der Waals surface area contributed by atoms with Crippen LogP contribution in [0.5, 0.6) is 0 Å². The lowest BCUT2D eigenvalue weighted by Crippen LogP contribution is -2.47. The number of rotatable bonds is 7. The van der Waals surface area contributed by atoms with Crippen molar-refractivity contribution in [3.63, 3.8) is 0 Å². The first-order valence-electron chi connectivity index (χ1n) is 10.4. The summed E-state index contributed by atoms with van der Waals surface area (Å²) in [6.07, 6.45) is 0.200. The molecule has 2 amide bonds. The molecule has 0 aliphatic carbocycles. The lowest BCUT2D eigenvalue weighted by Gasteiger charge is -2.24. The number of aromatic nitrogens is 1. The van der Waals surface area contributed by atoms with Gasteiger partial charge >= 0.3 is 0 Å². The Hall–Kier alpha value is -2.33. The number of nitrogens with one attached hydrogen (secondary N) is 1. The number of hydrogen-bond donors (Lipinski definition) is 2. The van der Waals surface area contributed by atoms with Gasteiger partial charge in [-0.25, -0.2) is 4.98 Å². The zero-order valence-electron chi connectivity index (χ0n) is 17.5. The fourth-order valence-electron chi connectivity index (χ4n) is 3.91. The van der Waals surface area contributed by atoms with Crippen molar-refractivity contribution in [2.45, 2.75) is 44.6 Å². The minimum absolute atomic E-state index is 0.0829. The largest absolute Gasteiger partial charge is 0.391 e. The van der Waals surface area contributed by atoms with Gasteiger partial charge in [-0.3, -0.25) is 9.59 Å². The third-order valence-electron chi connectivity index (χ3n) is 5.66. The minimum Gasteiger partial charge on any atom is -0.391 e. The molecular weight excluding hydrogens is 418 g/mol. The smallest absolute Gasteiger partial charge is 0.249 e. The van der Waals surface area contributed by atoms with E-state index in [1.165, 1.54) is 4.90 Å². The van der Waals surface area contributed by atoms with Crippen LogP contribution in [0.25, 0.3) is 10.4 Å². The van der Waals surface area contributed by atoms with Crippen molar-refractivity contribution in [2.75, 3.05) is 26.4 Å². The van der Waals surface area contributed by atoms with Crippen molar-refractivity contribution in [1.29, 1.82) is 0 Å². The van der Waals surface area contributed by atoms with Crippen LogP contribution in [0.15, 0.2) is 29.8 Å². The first-order valence-corrected chi connectivity index (χ1v) is 11.3. The summed E-state index contributed by atoms with van der Waals surface area (Å²) < 4.78 is 10.8. The summed E-state index contributed by atoms with van der Waals surface area (Å²) in [7, 11) is 0. The third kappa shape index (κ3) is 5.30. The van der Waals surface area contributed by atoms with Crippen LogP contribution < -0.4 is 5.32 Å². The topological polar surface area (TPSA) is 101 Å². The van der Waals surface area contributed by atoms with Crippen LogP contribution in [0.2, 0.25) is 0 Å². The molecule has 2 saturated heterocycles. The van der Waals surface area contributed by atoms with E-state index in [1.807, 2.05) is 36.7 Å². The van der Waals surface area contributed by atoms with Gasteiger partial charge < -0.3 is 24.8 Å². The van der Waals surface area contributed by atoms with E-state index < -0.39 is 12.1 Å². The Kier molecular flexibility index (Phi) is 6.96. The molecule has 0 saturated carbocycles. The zero-order chi connectivity index (χ0) is 21.8. The Morgan fingerprint density at radius 1 is 1.35 bits per heavy atom. The van der Waals surface area contributed by atoms with E-state index in [9.17, 15) is 14.7 Å². The Labute approximate surface area is 185 Å². The van der Waals surface area contributed by atoms with Crippen LogP contribution in [-0.4, -0.2) is 71.4 Å². The van der Waals surface area contributed by atoms with Crippen LogP contribution in [0.3, 0.4) is 0 Å². The second-order valence-corrected chi connectivity index (χ2v) is 8.78. The Bertz CT molecular complexity index is 910. The van der Waals surface area contributed by atoms with Gasteiger partial charge in [-0.05, 0) is 24.5 Å². The highest BCUT2D eigenvalue weighted by Crippen LogP contribution is 2.27. The quantitative estimate of drug-likeness (QED) is 0.670. The van der Waals surface area contributed by atoms with Crippen LogP contribution in [0, 0.1) is 6.92 Å². The molecule has 0 radical (unpaired) electrons. The predicted molar refractivity (Wildman–Crippen MR) is 115 cm³/mol. The standard InChI is InChI=1S/C22H27N3O5S/c1-14-21(31-13-24-14)16-4-2-15(3-5-16)9-23-22(28)19-8-17(26)10-25(19)20(27)12-30-18-6-7-29-11-18/h2-5,13,17-19,26H,6-12H2,1H3,(H,23,28)/t17-,18+,19+/m1/s1. The number of likely N-dealkylation sites (tertiary alicyclic amines) is 1. The molecule has 3 heterocycles. The van der Waals surface area contributed by atoms with Crippen LogP contribution in [-0.2, 0) is 25.6 Å².